The highest BCUT2D eigenvalue weighted by molar-refractivity contribution is 8.03. The first-order valence-electron chi connectivity index (χ1n) is 10.4. The van der Waals surface area contributed by atoms with Gasteiger partial charge in [-0.2, -0.15) is 0 Å². The first-order valence-corrected chi connectivity index (χ1v) is 11.2. The van der Waals surface area contributed by atoms with Crippen LogP contribution in [0.2, 0.25) is 0 Å². The molecule has 2 aliphatic heterocycles. The van der Waals surface area contributed by atoms with Crippen LogP contribution in [-0.4, -0.2) is 23.0 Å². The Bertz CT molecular complexity index is 1210. The number of hydrogen-bond acceptors (Lipinski definition) is 4. The zero-order valence-electron chi connectivity index (χ0n) is 17.4. The molecule has 32 heavy (non-hydrogen) atoms. The van der Waals surface area contributed by atoms with E-state index in [0.29, 0.717) is 23.5 Å². The van der Waals surface area contributed by atoms with Crippen LogP contribution in [0.15, 0.2) is 78.9 Å². The molecule has 0 saturated carbocycles. The number of carbonyl (C=O) groups excluding carboxylic acids is 3. The maximum atomic E-state index is 13.1. The Morgan fingerprint density at radius 3 is 2.44 bits per heavy atom. The SMILES string of the molecule is C[C@@H]1S[C@@]2(C(=O)Nc3ccccc32)N(c2ccc(C(=O)NCc3ccccc3)cc2)C1=O. The first-order chi connectivity index (χ1) is 15.5. The van der Waals surface area contributed by atoms with Gasteiger partial charge in [-0.15, -0.1) is 11.8 Å². The zero-order chi connectivity index (χ0) is 22.3. The van der Waals surface area contributed by atoms with Crippen LogP contribution in [0.1, 0.15) is 28.4 Å². The Labute approximate surface area is 190 Å². The number of rotatable bonds is 4. The number of amides is 3. The normalized spacial score (nSPS) is 21.5. The maximum Gasteiger partial charge on any atom is 0.266 e. The highest BCUT2D eigenvalue weighted by Crippen LogP contribution is 2.55. The Morgan fingerprint density at radius 1 is 1.00 bits per heavy atom. The van der Waals surface area contributed by atoms with Gasteiger partial charge in [-0.3, -0.25) is 19.3 Å². The molecule has 3 aromatic carbocycles. The molecule has 1 fully saturated rings. The number of thioether (sulfide) groups is 1. The van der Waals surface area contributed by atoms with E-state index in [1.807, 2.05) is 61.5 Å². The number of para-hydroxylation sites is 1. The third-order valence-corrected chi connectivity index (χ3v) is 7.25. The second-order valence-electron chi connectivity index (χ2n) is 7.79. The van der Waals surface area contributed by atoms with Gasteiger partial charge in [-0.25, -0.2) is 0 Å². The molecule has 1 spiro atoms. The molecule has 1 saturated heterocycles. The third kappa shape index (κ3) is 3.17. The second kappa shape index (κ2) is 7.84. The third-order valence-electron chi connectivity index (χ3n) is 5.76. The highest BCUT2D eigenvalue weighted by Gasteiger charge is 2.60. The van der Waals surface area contributed by atoms with Crippen molar-refractivity contribution in [2.24, 2.45) is 0 Å². The molecule has 2 heterocycles. The van der Waals surface area contributed by atoms with E-state index in [2.05, 4.69) is 10.6 Å². The van der Waals surface area contributed by atoms with Crippen molar-refractivity contribution < 1.29 is 14.4 Å². The Balaban J connectivity index is 1.43. The maximum absolute atomic E-state index is 13.1. The summed E-state index contributed by atoms with van der Waals surface area (Å²) in [7, 11) is 0. The average Bonchev–Trinajstić information content (AvgIpc) is 3.25. The van der Waals surface area contributed by atoms with Crippen molar-refractivity contribution in [2.45, 2.75) is 23.6 Å². The molecule has 0 aromatic heterocycles. The zero-order valence-corrected chi connectivity index (χ0v) is 18.2. The van der Waals surface area contributed by atoms with E-state index in [0.717, 1.165) is 11.1 Å². The van der Waals surface area contributed by atoms with E-state index in [1.54, 1.807) is 29.2 Å². The molecule has 3 aromatic rings. The van der Waals surface area contributed by atoms with E-state index >= 15 is 0 Å². The van der Waals surface area contributed by atoms with Crippen molar-refractivity contribution in [1.29, 1.82) is 0 Å². The van der Waals surface area contributed by atoms with E-state index in [1.165, 1.54) is 11.8 Å². The van der Waals surface area contributed by atoms with Gasteiger partial charge in [0.2, 0.25) is 10.8 Å². The lowest BCUT2D eigenvalue weighted by molar-refractivity contribution is -0.122. The smallest absolute Gasteiger partial charge is 0.266 e. The van der Waals surface area contributed by atoms with Crippen LogP contribution in [0.5, 0.6) is 0 Å². The van der Waals surface area contributed by atoms with Crippen molar-refractivity contribution in [3.63, 3.8) is 0 Å². The van der Waals surface area contributed by atoms with Gasteiger partial charge >= 0.3 is 0 Å². The van der Waals surface area contributed by atoms with Crippen LogP contribution >= 0.6 is 11.8 Å². The number of hydrogen-bond donors (Lipinski definition) is 2. The molecule has 2 N–H and O–H groups in total. The summed E-state index contributed by atoms with van der Waals surface area (Å²) in [5.41, 5.74) is 3.57. The van der Waals surface area contributed by atoms with Crippen LogP contribution in [0, 0.1) is 0 Å². The van der Waals surface area contributed by atoms with Crippen LogP contribution in [0.25, 0.3) is 0 Å². The molecular formula is C25H21N3O3S. The van der Waals surface area contributed by atoms with Gasteiger partial charge in [0.1, 0.15) is 0 Å². The van der Waals surface area contributed by atoms with Crippen LogP contribution < -0.4 is 15.5 Å². The van der Waals surface area contributed by atoms with Crippen LogP contribution in [0.4, 0.5) is 11.4 Å². The van der Waals surface area contributed by atoms with Crippen LogP contribution in [-0.2, 0) is 21.0 Å². The number of nitrogens with one attached hydrogen (secondary N) is 2. The fourth-order valence-electron chi connectivity index (χ4n) is 4.20. The predicted molar refractivity (Wildman–Crippen MR) is 125 cm³/mol. The molecule has 0 bridgehead atoms. The highest BCUT2D eigenvalue weighted by atomic mass is 32.2. The van der Waals surface area contributed by atoms with E-state index in [9.17, 15) is 14.4 Å². The summed E-state index contributed by atoms with van der Waals surface area (Å²) in [5.74, 6) is -0.566. The Hall–Kier alpha value is -3.58. The minimum absolute atomic E-state index is 0.136. The molecule has 6 nitrogen and oxygen atoms in total. The number of nitrogens with zero attached hydrogens (tertiary/aromatic N) is 1. The second-order valence-corrected chi connectivity index (χ2v) is 9.33. The average molecular weight is 444 g/mol. The molecule has 5 rings (SSSR count). The van der Waals surface area contributed by atoms with Gasteiger partial charge < -0.3 is 10.6 Å². The summed E-state index contributed by atoms with van der Waals surface area (Å²) in [6, 6.07) is 23.9. The van der Waals surface area contributed by atoms with Gasteiger partial charge in [0.05, 0.1) is 5.25 Å². The van der Waals surface area contributed by atoms with Gasteiger partial charge in [-0.05, 0) is 42.8 Å². The lowest BCUT2D eigenvalue weighted by atomic mass is 10.0. The summed E-state index contributed by atoms with van der Waals surface area (Å²) >= 11 is 1.34. The molecule has 0 radical (unpaired) electrons. The monoisotopic (exact) mass is 443 g/mol. The number of carbonyl (C=O) groups is 3. The van der Waals surface area contributed by atoms with E-state index < -0.39 is 4.87 Å². The summed E-state index contributed by atoms with van der Waals surface area (Å²) in [6.45, 7) is 2.24. The molecule has 160 valence electrons. The standard InChI is InChI=1S/C25H21N3O3S/c1-16-23(30)28(25(32-16)20-9-5-6-10-21(20)27-24(25)31)19-13-11-18(12-14-19)22(29)26-15-17-7-3-2-4-8-17/h2-14,16H,15H2,1H3,(H,26,29)(H,27,31)/t16-,25-/m0/s1. The van der Waals surface area contributed by atoms with Crippen molar-refractivity contribution in [3.8, 4) is 0 Å². The van der Waals surface area contributed by atoms with Crippen LogP contribution in [0.3, 0.4) is 0 Å². The van der Waals surface area contributed by atoms with Gasteiger partial charge in [-0.1, -0.05) is 48.5 Å². The van der Waals surface area contributed by atoms with Crippen molar-refractivity contribution >= 4 is 40.9 Å². The number of anilines is 2. The molecule has 2 aliphatic rings. The van der Waals surface area contributed by atoms with Crippen molar-refractivity contribution in [3.05, 3.63) is 95.6 Å². The van der Waals surface area contributed by atoms with E-state index in [4.69, 9.17) is 0 Å². The van der Waals surface area contributed by atoms with E-state index in [-0.39, 0.29) is 23.0 Å². The number of benzene rings is 3. The quantitative estimate of drug-likeness (QED) is 0.641. The predicted octanol–water partition coefficient (Wildman–Crippen LogP) is 3.89. The minimum Gasteiger partial charge on any atom is -0.348 e. The summed E-state index contributed by atoms with van der Waals surface area (Å²) in [5, 5.41) is 5.44. The molecule has 2 atom stereocenters. The minimum atomic E-state index is -1.15. The molecule has 3 amide bonds. The molecule has 0 unspecified atom stereocenters. The van der Waals surface area contributed by atoms with Crippen molar-refractivity contribution in [1.82, 2.24) is 5.32 Å². The molecule has 0 aliphatic carbocycles. The summed E-state index contributed by atoms with van der Waals surface area (Å²) in [4.78, 5) is 39.3. The summed E-state index contributed by atoms with van der Waals surface area (Å²) < 4.78 is 0. The fraction of sp³-hybridized carbons (Fsp3) is 0.160. The molecule has 7 heteroatoms. The lowest BCUT2D eigenvalue weighted by Gasteiger charge is -2.32. The number of fused-ring (bicyclic) bond motifs is 2. The first kappa shape index (κ1) is 20.3. The van der Waals surface area contributed by atoms with Gasteiger partial charge in [0.15, 0.2) is 0 Å². The largest absolute Gasteiger partial charge is 0.348 e. The lowest BCUT2D eigenvalue weighted by Crippen LogP contribution is -2.47. The van der Waals surface area contributed by atoms with Gasteiger partial charge in [0, 0.05) is 29.0 Å². The topological polar surface area (TPSA) is 78.5 Å². The Kier molecular flexibility index (Phi) is 4.98. The fourth-order valence-corrected chi connectivity index (χ4v) is 5.68. The van der Waals surface area contributed by atoms with Crippen molar-refractivity contribution in [2.75, 3.05) is 10.2 Å². The summed E-state index contributed by atoms with van der Waals surface area (Å²) in [6.07, 6.45) is 0. The molecular weight excluding hydrogens is 422 g/mol. The Morgan fingerprint density at radius 2 is 1.69 bits per heavy atom. The van der Waals surface area contributed by atoms with Gasteiger partial charge in [0.25, 0.3) is 11.8 Å².